The van der Waals surface area contributed by atoms with Gasteiger partial charge in [0.05, 0.1) is 0 Å². The molecule has 0 N–H and O–H groups in total. The van der Waals surface area contributed by atoms with Gasteiger partial charge in [-0.05, 0) is 56.2 Å². The van der Waals surface area contributed by atoms with E-state index in [2.05, 4.69) is 12.1 Å². The number of benzene rings is 2. The van der Waals surface area contributed by atoms with Gasteiger partial charge in [0, 0.05) is 5.02 Å². The molecule has 0 fully saturated rings. The lowest BCUT2D eigenvalue weighted by atomic mass is 10.1. The highest BCUT2D eigenvalue weighted by Gasteiger charge is 2.11. The van der Waals surface area contributed by atoms with Crippen molar-refractivity contribution >= 4 is 11.6 Å². The second-order valence-electron chi connectivity index (χ2n) is 5.25. The lowest BCUT2D eigenvalue weighted by molar-refractivity contribution is 0.131. The topological polar surface area (TPSA) is 9.23 Å². The van der Waals surface area contributed by atoms with E-state index < -0.39 is 0 Å². The fourth-order valence-corrected chi connectivity index (χ4v) is 1.86. The summed E-state index contributed by atoms with van der Waals surface area (Å²) in [4.78, 5) is 0. The summed E-state index contributed by atoms with van der Waals surface area (Å²) in [5.41, 5.74) is 2.09. The van der Waals surface area contributed by atoms with Gasteiger partial charge in [0.25, 0.3) is 0 Å². The molecule has 0 saturated heterocycles. The molecule has 0 saturated carbocycles. The van der Waals surface area contributed by atoms with Gasteiger partial charge in [-0.25, -0.2) is 0 Å². The molecule has 0 unspecified atom stereocenters. The zero-order valence-electron chi connectivity index (χ0n) is 10.9. The quantitative estimate of drug-likeness (QED) is 0.723. The Balaban J connectivity index is 2.29. The molecule has 2 rings (SSSR count). The monoisotopic (exact) mass is 260 g/mol. The molecule has 94 valence electrons. The van der Waals surface area contributed by atoms with Crippen LogP contribution >= 0.6 is 11.6 Å². The van der Waals surface area contributed by atoms with Gasteiger partial charge >= 0.3 is 0 Å². The first kappa shape index (κ1) is 13.0. The summed E-state index contributed by atoms with van der Waals surface area (Å²) in [6, 6.07) is 15.9. The number of ether oxygens (including phenoxy) is 1. The van der Waals surface area contributed by atoms with Crippen LogP contribution in [0.3, 0.4) is 0 Å². The van der Waals surface area contributed by atoms with Crippen LogP contribution in [-0.4, -0.2) is 5.60 Å². The molecule has 2 aromatic carbocycles. The number of hydrogen-bond donors (Lipinski definition) is 0. The molecule has 18 heavy (non-hydrogen) atoms. The van der Waals surface area contributed by atoms with Crippen molar-refractivity contribution in [1.29, 1.82) is 0 Å². The van der Waals surface area contributed by atoms with E-state index in [1.165, 1.54) is 0 Å². The molecule has 0 aliphatic carbocycles. The average Bonchev–Trinajstić information content (AvgIpc) is 2.28. The minimum Gasteiger partial charge on any atom is -0.488 e. The van der Waals surface area contributed by atoms with E-state index in [0.29, 0.717) is 0 Å². The van der Waals surface area contributed by atoms with Crippen LogP contribution in [0.5, 0.6) is 5.75 Å². The van der Waals surface area contributed by atoms with Gasteiger partial charge in [-0.1, -0.05) is 35.9 Å². The number of halogens is 1. The molecule has 0 aliphatic rings. The predicted molar refractivity (Wildman–Crippen MR) is 77.3 cm³/mol. The van der Waals surface area contributed by atoms with Crippen molar-refractivity contribution in [2.24, 2.45) is 0 Å². The highest BCUT2D eigenvalue weighted by atomic mass is 35.5. The average molecular weight is 261 g/mol. The zero-order valence-corrected chi connectivity index (χ0v) is 11.7. The van der Waals surface area contributed by atoms with E-state index in [1.54, 1.807) is 0 Å². The highest BCUT2D eigenvalue weighted by Crippen LogP contribution is 2.26. The van der Waals surface area contributed by atoms with Gasteiger partial charge < -0.3 is 4.74 Å². The van der Waals surface area contributed by atoms with Crippen molar-refractivity contribution in [3.63, 3.8) is 0 Å². The third-order valence-electron chi connectivity index (χ3n) is 2.44. The maximum atomic E-state index is 5.89. The SMILES string of the molecule is CC(C)(C)Oc1cccc(-c2ccc(Cl)cc2)c1. The minimum absolute atomic E-state index is 0.182. The van der Waals surface area contributed by atoms with Crippen LogP contribution in [0, 0.1) is 0 Å². The molecule has 0 aromatic heterocycles. The molecule has 2 heteroatoms. The lowest BCUT2D eigenvalue weighted by Crippen LogP contribution is -2.22. The third kappa shape index (κ3) is 3.51. The van der Waals surface area contributed by atoms with Crippen molar-refractivity contribution < 1.29 is 4.74 Å². The lowest BCUT2D eigenvalue weighted by Gasteiger charge is -2.21. The first-order valence-corrected chi connectivity index (χ1v) is 6.37. The summed E-state index contributed by atoms with van der Waals surface area (Å²) in [6.45, 7) is 6.13. The number of rotatable bonds is 2. The molecule has 0 radical (unpaired) electrons. The third-order valence-corrected chi connectivity index (χ3v) is 2.69. The molecule has 0 atom stereocenters. The van der Waals surface area contributed by atoms with Crippen molar-refractivity contribution in [2.75, 3.05) is 0 Å². The second-order valence-corrected chi connectivity index (χ2v) is 5.69. The maximum absolute atomic E-state index is 5.89. The van der Waals surface area contributed by atoms with Crippen molar-refractivity contribution in [1.82, 2.24) is 0 Å². The Morgan fingerprint density at radius 1 is 0.889 bits per heavy atom. The molecule has 0 spiro atoms. The highest BCUT2D eigenvalue weighted by molar-refractivity contribution is 6.30. The van der Waals surface area contributed by atoms with Crippen LogP contribution in [0.2, 0.25) is 5.02 Å². The van der Waals surface area contributed by atoms with Gasteiger partial charge in [0.2, 0.25) is 0 Å². The van der Waals surface area contributed by atoms with Gasteiger partial charge in [0.15, 0.2) is 0 Å². The summed E-state index contributed by atoms with van der Waals surface area (Å²) in [5.74, 6) is 0.884. The Hall–Kier alpha value is -1.47. The standard InChI is InChI=1S/C16H17ClO/c1-16(2,3)18-15-6-4-5-13(11-15)12-7-9-14(17)10-8-12/h4-11H,1-3H3. The predicted octanol–water partition coefficient (Wildman–Crippen LogP) is 5.18. The smallest absolute Gasteiger partial charge is 0.120 e. The van der Waals surface area contributed by atoms with Crippen molar-refractivity contribution in [2.45, 2.75) is 26.4 Å². The van der Waals surface area contributed by atoms with Gasteiger partial charge in [-0.3, -0.25) is 0 Å². The first-order chi connectivity index (χ1) is 8.44. The fourth-order valence-electron chi connectivity index (χ4n) is 1.74. The van der Waals surface area contributed by atoms with E-state index in [9.17, 15) is 0 Å². The molecule has 0 amide bonds. The van der Waals surface area contributed by atoms with Crippen molar-refractivity contribution in [3.8, 4) is 16.9 Å². The Morgan fingerprint density at radius 2 is 1.56 bits per heavy atom. The molecule has 2 aromatic rings. The molecule has 0 bridgehead atoms. The summed E-state index contributed by atoms with van der Waals surface area (Å²) >= 11 is 5.89. The van der Waals surface area contributed by atoms with Gasteiger partial charge in [0.1, 0.15) is 11.4 Å². The van der Waals surface area contributed by atoms with Crippen LogP contribution in [0.25, 0.3) is 11.1 Å². The van der Waals surface area contributed by atoms with E-state index >= 15 is 0 Å². The number of hydrogen-bond acceptors (Lipinski definition) is 1. The molecule has 0 heterocycles. The van der Waals surface area contributed by atoms with Crippen molar-refractivity contribution in [3.05, 3.63) is 53.6 Å². The van der Waals surface area contributed by atoms with Crippen LogP contribution < -0.4 is 4.74 Å². The summed E-state index contributed by atoms with van der Waals surface area (Å²) in [5, 5.41) is 0.751. The Bertz CT molecular complexity index is 524. The zero-order chi connectivity index (χ0) is 13.2. The Labute approximate surface area is 113 Å². The normalized spacial score (nSPS) is 11.3. The molecule has 0 aliphatic heterocycles. The van der Waals surface area contributed by atoms with E-state index in [4.69, 9.17) is 16.3 Å². The van der Waals surface area contributed by atoms with Crippen LogP contribution in [0.4, 0.5) is 0 Å². The summed E-state index contributed by atoms with van der Waals surface area (Å²) < 4.78 is 5.86. The molecular formula is C16H17ClO. The Kier molecular flexibility index (Phi) is 3.63. The largest absolute Gasteiger partial charge is 0.488 e. The van der Waals surface area contributed by atoms with Gasteiger partial charge in [-0.2, -0.15) is 0 Å². The molecule has 1 nitrogen and oxygen atoms in total. The first-order valence-electron chi connectivity index (χ1n) is 5.99. The maximum Gasteiger partial charge on any atom is 0.120 e. The molecular weight excluding hydrogens is 244 g/mol. The summed E-state index contributed by atoms with van der Waals surface area (Å²) in [7, 11) is 0. The van der Waals surface area contributed by atoms with E-state index in [1.807, 2.05) is 57.2 Å². The second kappa shape index (κ2) is 5.03. The minimum atomic E-state index is -0.182. The fraction of sp³-hybridized carbons (Fsp3) is 0.250. The Morgan fingerprint density at radius 3 is 2.17 bits per heavy atom. The summed E-state index contributed by atoms with van der Waals surface area (Å²) in [6.07, 6.45) is 0. The van der Waals surface area contributed by atoms with Gasteiger partial charge in [-0.15, -0.1) is 0 Å². The van der Waals surface area contributed by atoms with Crippen LogP contribution in [-0.2, 0) is 0 Å². The van der Waals surface area contributed by atoms with Crippen LogP contribution in [0.1, 0.15) is 20.8 Å². The van der Waals surface area contributed by atoms with Crippen LogP contribution in [0.15, 0.2) is 48.5 Å². The van der Waals surface area contributed by atoms with E-state index in [0.717, 1.165) is 21.9 Å². The van der Waals surface area contributed by atoms with E-state index in [-0.39, 0.29) is 5.60 Å².